The highest BCUT2D eigenvalue weighted by Gasteiger charge is 2.40. The van der Waals surface area contributed by atoms with Crippen LogP contribution in [-0.4, -0.2) is 67.3 Å². The molecule has 0 aromatic heterocycles. The Kier molecular flexibility index (Phi) is 4.94. The van der Waals surface area contributed by atoms with E-state index in [0.29, 0.717) is 39.5 Å². The van der Waals surface area contributed by atoms with Crippen molar-refractivity contribution < 1.29 is 18.7 Å². The van der Waals surface area contributed by atoms with E-state index in [-0.39, 0.29) is 11.7 Å². The minimum absolute atomic E-state index is 0.0501. The molecule has 0 unspecified atom stereocenters. The Morgan fingerprint density at radius 2 is 2.00 bits per heavy atom. The molecule has 2 heterocycles. The van der Waals surface area contributed by atoms with Crippen LogP contribution in [0.3, 0.4) is 0 Å². The number of rotatable bonds is 2. The van der Waals surface area contributed by atoms with Gasteiger partial charge in [0.15, 0.2) is 0 Å². The van der Waals surface area contributed by atoms with E-state index >= 15 is 0 Å². The van der Waals surface area contributed by atoms with Crippen LogP contribution >= 0.6 is 0 Å². The van der Waals surface area contributed by atoms with Gasteiger partial charge in [-0.1, -0.05) is 12.1 Å². The zero-order valence-corrected chi connectivity index (χ0v) is 13.5. The third-order valence-corrected chi connectivity index (χ3v) is 4.44. The summed E-state index contributed by atoms with van der Waals surface area (Å²) in [5.41, 5.74) is 0.599. The second-order valence-corrected chi connectivity index (χ2v) is 6.36. The smallest absolute Gasteiger partial charge is 0.219 e. The molecule has 1 aromatic carbocycles. The highest BCUT2D eigenvalue weighted by atomic mass is 19.1. The zero-order valence-electron chi connectivity index (χ0n) is 13.5. The molecule has 1 spiro atoms. The SMILES string of the molecule is CC(=O)N1CCOC[C@@]2(CN(Cc3ccc(F)cc3)CCO2)C1. The number of hydrogen-bond acceptors (Lipinski definition) is 4. The molecule has 1 aromatic rings. The summed E-state index contributed by atoms with van der Waals surface area (Å²) in [7, 11) is 0. The Morgan fingerprint density at radius 3 is 2.74 bits per heavy atom. The molecule has 0 saturated carbocycles. The summed E-state index contributed by atoms with van der Waals surface area (Å²) in [4.78, 5) is 15.8. The monoisotopic (exact) mass is 322 g/mol. The van der Waals surface area contributed by atoms with Crippen LogP contribution in [0.1, 0.15) is 12.5 Å². The van der Waals surface area contributed by atoms with Gasteiger partial charge in [-0.3, -0.25) is 9.69 Å². The maximum Gasteiger partial charge on any atom is 0.219 e. The molecule has 2 fully saturated rings. The van der Waals surface area contributed by atoms with Gasteiger partial charge in [-0.2, -0.15) is 0 Å². The largest absolute Gasteiger partial charge is 0.376 e. The lowest BCUT2D eigenvalue weighted by Crippen LogP contribution is -2.58. The van der Waals surface area contributed by atoms with Gasteiger partial charge < -0.3 is 14.4 Å². The molecule has 3 rings (SSSR count). The quantitative estimate of drug-likeness (QED) is 0.822. The summed E-state index contributed by atoms with van der Waals surface area (Å²) in [6, 6.07) is 6.58. The van der Waals surface area contributed by atoms with E-state index in [1.165, 1.54) is 12.1 Å². The zero-order chi connectivity index (χ0) is 16.3. The van der Waals surface area contributed by atoms with Gasteiger partial charge in [-0.05, 0) is 17.7 Å². The van der Waals surface area contributed by atoms with Crippen molar-refractivity contribution in [2.24, 2.45) is 0 Å². The lowest BCUT2D eigenvalue weighted by molar-refractivity contribution is -0.151. The average Bonchev–Trinajstić information content (AvgIpc) is 2.73. The molecule has 5 nitrogen and oxygen atoms in total. The Bertz CT molecular complexity index is 551. The predicted octanol–water partition coefficient (Wildman–Crippen LogP) is 1.28. The Labute approximate surface area is 136 Å². The third-order valence-electron chi connectivity index (χ3n) is 4.44. The molecule has 0 aliphatic carbocycles. The van der Waals surface area contributed by atoms with Crippen molar-refractivity contribution in [3.8, 4) is 0 Å². The fraction of sp³-hybridized carbons (Fsp3) is 0.588. The molecule has 2 saturated heterocycles. The van der Waals surface area contributed by atoms with Gasteiger partial charge in [-0.25, -0.2) is 4.39 Å². The third kappa shape index (κ3) is 4.07. The number of ether oxygens (including phenoxy) is 2. The summed E-state index contributed by atoms with van der Waals surface area (Å²) >= 11 is 0. The van der Waals surface area contributed by atoms with Crippen molar-refractivity contribution in [2.45, 2.75) is 19.1 Å². The molecule has 1 amide bonds. The van der Waals surface area contributed by atoms with Crippen molar-refractivity contribution in [3.05, 3.63) is 35.6 Å². The molecule has 1 atom stereocenters. The predicted molar refractivity (Wildman–Crippen MR) is 83.4 cm³/mol. The molecule has 2 aliphatic heterocycles. The Hall–Kier alpha value is -1.50. The average molecular weight is 322 g/mol. The van der Waals surface area contributed by atoms with Crippen molar-refractivity contribution >= 4 is 5.91 Å². The van der Waals surface area contributed by atoms with E-state index in [9.17, 15) is 9.18 Å². The highest BCUT2D eigenvalue weighted by Crippen LogP contribution is 2.24. The lowest BCUT2D eigenvalue weighted by atomic mass is 10.0. The Balaban J connectivity index is 1.68. The van der Waals surface area contributed by atoms with Crippen LogP contribution in [0, 0.1) is 5.82 Å². The normalized spacial score (nSPS) is 26.3. The lowest BCUT2D eigenvalue weighted by Gasteiger charge is -2.43. The van der Waals surface area contributed by atoms with E-state index in [2.05, 4.69) is 4.90 Å². The first-order valence-corrected chi connectivity index (χ1v) is 8.00. The van der Waals surface area contributed by atoms with Gasteiger partial charge in [0.05, 0.1) is 26.4 Å². The first-order chi connectivity index (χ1) is 11.1. The molecule has 126 valence electrons. The van der Waals surface area contributed by atoms with Crippen LogP contribution in [-0.2, 0) is 20.8 Å². The van der Waals surface area contributed by atoms with Crippen LogP contribution in [0.5, 0.6) is 0 Å². The van der Waals surface area contributed by atoms with E-state index < -0.39 is 5.60 Å². The number of carbonyl (C=O) groups excluding carboxylic acids is 1. The minimum atomic E-state index is -0.472. The van der Waals surface area contributed by atoms with Gasteiger partial charge in [0.2, 0.25) is 5.91 Å². The van der Waals surface area contributed by atoms with E-state index in [1.807, 2.05) is 12.1 Å². The van der Waals surface area contributed by atoms with Crippen LogP contribution in [0.15, 0.2) is 24.3 Å². The van der Waals surface area contributed by atoms with Crippen molar-refractivity contribution in [2.75, 3.05) is 46.0 Å². The molecule has 0 N–H and O–H groups in total. The van der Waals surface area contributed by atoms with Crippen LogP contribution in [0.2, 0.25) is 0 Å². The topological polar surface area (TPSA) is 42.0 Å². The summed E-state index contributed by atoms with van der Waals surface area (Å²) in [5.74, 6) is -0.171. The van der Waals surface area contributed by atoms with E-state index in [4.69, 9.17) is 9.47 Å². The summed E-state index contributed by atoms with van der Waals surface area (Å²) in [5, 5.41) is 0. The number of nitrogens with zero attached hydrogens (tertiary/aromatic N) is 2. The standard InChI is InChI=1S/C17H23FN2O3/c1-14(21)20-7-8-22-13-17(12-20)11-19(6-9-23-17)10-15-2-4-16(18)5-3-15/h2-5H,6-13H2,1H3/t17-/m1/s1. The number of halogens is 1. The summed E-state index contributed by atoms with van der Waals surface area (Å²) in [6.45, 7) is 6.66. The van der Waals surface area contributed by atoms with Gasteiger partial charge in [-0.15, -0.1) is 0 Å². The van der Waals surface area contributed by atoms with Gasteiger partial charge in [0.1, 0.15) is 11.4 Å². The first kappa shape index (κ1) is 16.4. The molecular formula is C17H23FN2O3. The van der Waals surface area contributed by atoms with Crippen molar-refractivity contribution in [1.82, 2.24) is 9.80 Å². The maximum absolute atomic E-state index is 13.0. The fourth-order valence-electron chi connectivity index (χ4n) is 3.26. The second-order valence-electron chi connectivity index (χ2n) is 6.36. The van der Waals surface area contributed by atoms with Crippen molar-refractivity contribution in [1.29, 1.82) is 0 Å². The van der Waals surface area contributed by atoms with E-state index in [0.717, 1.165) is 18.7 Å². The number of carbonyl (C=O) groups is 1. The van der Waals surface area contributed by atoms with Crippen LogP contribution in [0.25, 0.3) is 0 Å². The number of hydrogen-bond donors (Lipinski definition) is 0. The van der Waals surface area contributed by atoms with Gasteiger partial charge >= 0.3 is 0 Å². The van der Waals surface area contributed by atoms with Gasteiger partial charge in [0, 0.05) is 33.1 Å². The Morgan fingerprint density at radius 1 is 1.22 bits per heavy atom. The molecular weight excluding hydrogens is 299 g/mol. The number of amides is 1. The minimum Gasteiger partial charge on any atom is -0.376 e. The fourth-order valence-corrected chi connectivity index (χ4v) is 3.26. The van der Waals surface area contributed by atoms with Crippen LogP contribution in [0.4, 0.5) is 4.39 Å². The number of morpholine rings is 1. The maximum atomic E-state index is 13.0. The molecule has 6 heteroatoms. The summed E-state index contributed by atoms with van der Waals surface area (Å²) < 4.78 is 24.7. The van der Waals surface area contributed by atoms with Crippen molar-refractivity contribution in [3.63, 3.8) is 0 Å². The molecule has 23 heavy (non-hydrogen) atoms. The van der Waals surface area contributed by atoms with E-state index in [1.54, 1.807) is 11.8 Å². The molecule has 2 aliphatic rings. The van der Waals surface area contributed by atoms with Gasteiger partial charge in [0.25, 0.3) is 0 Å². The highest BCUT2D eigenvalue weighted by molar-refractivity contribution is 5.73. The molecule has 0 bridgehead atoms. The first-order valence-electron chi connectivity index (χ1n) is 8.00. The second kappa shape index (κ2) is 6.95. The van der Waals surface area contributed by atoms with Crippen LogP contribution < -0.4 is 0 Å². The summed E-state index contributed by atoms with van der Waals surface area (Å²) in [6.07, 6.45) is 0. The number of benzene rings is 1. The molecule has 0 radical (unpaired) electrons.